The van der Waals surface area contributed by atoms with Gasteiger partial charge in [0.1, 0.15) is 12.0 Å². The lowest BCUT2D eigenvalue weighted by Gasteiger charge is -2.39. The molecule has 2 aliphatic heterocycles. The van der Waals surface area contributed by atoms with Crippen molar-refractivity contribution in [2.45, 2.75) is 37.6 Å². The van der Waals surface area contributed by atoms with Crippen LogP contribution in [0, 0.1) is 0 Å². The van der Waals surface area contributed by atoms with Crippen LogP contribution in [0.5, 0.6) is 0 Å². The van der Waals surface area contributed by atoms with Gasteiger partial charge in [-0.2, -0.15) is 0 Å². The standard InChI is InChI=1S/C19H22N4O3/c24-18(17-4-7-21-14-22-17)23-8-2-5-19(13-23)9-16(12-26-19)25-11-15-3-1-6-20-10-15/h1,3-4,6-7,10,14,16H,2,5,8-9,11-13H2/t16-,19+/m1/s1. The Bertz CT molecular complexity index is 743. The molecule has 7 nitrogen and oxygen atoms in total. The average Bonchev–Trinajstić information content (AvgIpc) is 3.09. The summed E-state index contributed by atoms with van der Waals surface area (Å²) in [6.45, 7) is 2.41. The van der Waals surface area contributed by atoms with Crippen LogP contribution in [0.2, 0.25) is 0 Å². The van der Waals surface area contributed by atoms with Gasteiger partial charge in [0.15, 0.2) is 0 Å². The van der Waals surface area contributed by atoms with Crippen LogP contribution in [0.25, 0.3) is 0 Å². The van der Waals surface area contributed by atoms with Gasteiger partial charge in [-0.1, -0.05) is 6.07 Å². The van der Waals surface area contributed by atoms with E-state index in [1.807, 2.05) is 23.2 Å². The van der Waals surface area contributed by atoms with Crippen molar-refractivity contribution in [3.8, 4) is 0 Å². The third kappa shape index (κ3) is 3.73. The minimum atomic E-state index is -0.305. The smallest absolute Gasteiger partial charge is 0.272 e. The zero-order valence-electron chi connectivity index (χ0n) is 14.6. The molecule has 4 heterocycles. The maximum atomic E-state index is 12.7. The summed E-state index contributed by atoms with van der Waals surface area (Å²) in [6.07, 6.45) is 9.29. The molecule has 0 saturated carbocycles. The first-order valence-electron chi connectivity index (χ1n) is 8.94. The third-order valence-corrected chi connectivity index (χ3v) is 5.01. The highest BCUT2D eigenvalue weighted by Gasteiger charge is 2.45. The molecule has 1 spiro atoms. The highest BCUT2D eigenvalue weighted by molar-refractivity contribution is 5.92. The van der Waals surface area contributed by atoms with Crippen LogP contribution in [0.3, 0.4) is 0 Å². The van der Waals surface area contributed by atoms with Crippen LogP contribution in [0.4, 0.5) is 0 Å². The van der Waals surface area contributed by atoms with Crippen molar-refractivity contribution < 1.29 is 14.3 Å². The van der Waals surface area contributed by atoms with Gasteiger partial charge in [0.25, 0.3) is 5.91 Å². The van der Waals surface area contributed by atoms with Gasteiger partial charge in [-0.15, -0.1) is 0 Å². The molecule has 0 N–H and O–H groups in total. The zero-order chi connectivity index (χ0) is 17.8. The van der Waals surface area contributed by atoms with Crippen LogP contribution in [-0.2, 0) is 16.1 Å². The van der Waals surface area contributed by atoms with Gasteiger partial charge in [-0.05, 0) is 30.5 Å². The molecule has 4 rings (SSSR count). The lowest BCUT2D eigenvalue weighted by molar-refractivity contribution is -0.0467. The maximum absolute atomic E-state index is 12.7. The van der Waals surface area contributed by atoms with E-state index in [0.717, 1.165) is 31.4 Å². The zero-order valence-corrected chi connectivity index (χ0v) is 14.6. The first-order valence-corrected chi connectivity index (χ1v) is 8.94. The van der Waals surface area contributed by atoms with E-state index in [0.29, 0.717) is 25.5 Å². The summed E-state index contributed by atoms with van der Waals surface area (Å²) in [7, 11) is 0. The quantitative estimate of drug-likeness (QED) is 0.834. The number of rotatable bonds is 4. The molecule has 0 bridgehead atoms. The minimum absolute atomic E-state index is 0.0457. The Kier molecular flexibility index (Phi) is 4.90. The number of likely N-dealkylation sites (tertiary alicyclic amines) is 1. The van der Waals surface area contributed by atoms with E-state index >= 15 is 0 Å². The molecule has 2 aliphatic rings. The lowest BCUT2D eigenvalue weighted by Crippen LogP contribution is -2.50. The number of amides is 1. The molecule has 0 unspecified atom stereocenters. The van der Waals surface area contributed by atoms with Crippen molar-refractivity contribution in [2.75, 3.05) is 19.7 Å². The summed E-state index contributed by atoms with van der Waals surface area (Å²) in [4.78, 5) is 26.6. The number of hydrogen-bond donors (Lipinski definition) is 0. The van der Waals surface area contributed by atoms with Crippen molar-refractivity contribution >= 4 is 5.91 Å². The van der Waals surface area contributed by atoms with Gasteiger partial charge in [0.2, 0.25) is 0 Å². The molecule has 0 aromatic carbocycles. The fourth-order valence-electron chi connectivity index (χ4n) is 3.74. The van der Waals surface area contributed by atoms with Gasteiger partial charge in [-0.25, -0.2) is 9.97 Å². The third-order valence-electron chi connectivity index (χ3n) is 5.01. The van der Waals surface area contributed by atoms with Gasteiger partial charge >= 0.3 is 0 Å². The largest absolute Gasteiger partial charge is 0.371 e. The van der Waals surface area contributed by atoms with Crippen molar-refractivity contribution in [1.29, 1.82) is 0 Å². The maximum Gasteiger partial charge on any atom is 0.272 e. The second kappa shape index (κ2) is 7.47. The molecule has 0 radical (unpaired) electrons. The minimum Gasteiger partial charge on any atom is -0.371 e. The normalized spacial score (nSPS) is 25.5. The molecule has 0 aliphatic carbocycles. The molecular weight excluding hydrogens is 332 g/mol. The van der Waals surface area contributed by atoms with E-state index in [9.17, 15) is 4.79 Å². The highest BCUT2D eigenvalue weighted by atomic mass is 16.6. The SMILES string of the molecule is O=C(c1ccncn1)N1CCC[C@]2(C[C@@H](OCc3cccnc3)CO2)C1. The molecule has 2 saturated heterocycles. The molecular formula is C19H22N4O3. The molecule has 7 heteroatoms. The summed E-state index contributed by atoms with van der Waals surface area (Å²) in [5.74, 6) is -0.0604. The summed E-state index contributed by atoms with van der Waals surface area (Å²) in [5.41, 5.74) is 1.18. The molecule has 2 atom stereocenters. The van der Waals surface area contributed by atoms with E-state index in [4.69, 9.17) is 9.47 Å². The molecule has 2 aromatic heterocycles. The second-order valence-corrected chi connectivity index (χ2v) is 6.92. The Morgan fingerprint density at radius 3 is 3.12 bits per heavy atom. The Balaban J connectivity index is 1.36. The first kappa shape index (κ1) is 17.1. The summed E-state index contributed by atoms with van der Waals surface area (Å²) < 4.78 is 12.1. The van der Waals surface area contributed by atoms with Crippen molar-refractivity contribution in [1.82, 2.24) is 19.9 Å². The van der Waals surface area contributed by atoms with E-state index in [-0.39, 0.29) is 17.6 Å². The predicted molar refractivity (Wildman–Crippen MR) is 93.3 cm³/mol. The van der Waals surface area contributed by atoms with Crippen molar-refractivity contribution in [3.63, 3.8) is 0 Å². The van der Waals surface area contributed by atoms with Crippen LogP contribution in [-0.4, -0.2) is 57.2 Å². The number of piperidine rings is 1. The number of ether oxygens (including phenoxy) is 2. The molecule has 136 valence electrons. The van der Waals surface area contributed by atoms with Crippen molar-refractivity contribution in [2.24, 2.45) is 0 Å². The monoisotopic (exact) mass is 354 g/mol. The fraction of sp³-hybridized carbons (Fsp3) is 0.474. The number of pyridine rings is 1. The highest BCUT2D eigenvalue weighted by Crippen LogP contribution is 2.36. The van der Waals surface area contributed by atoms with Crippen LogP contribution >= 0.6 is 0 Å². The Hall–Kier alpha value is -2.38. The molecule has 26 heavy (non-hydrogen) atoms. The van der Waals surface area contributed by atoms with Crippen LogP contribution < -0.4 is 0 Å². The number of carbonyl (C=O) groups is 1. The Morgan fingerprint density at radius 1 is 1.35 bits per heavy atom. The molecule has 2 aromatic rings. The van der Waals surface area contributed by atoms with Crippen molar-refractivity contribution in [3.05, 3.63) is 54.4 Å². The van der Waals surface area contributed by atoms with Gasteiger partial charge in [0, 0.05) is 31.6 Å². The lowest BCUT2D eigenvalue weighted by atomic mass is 9.89. The van der Waals surface area contributed by atoms with Gasteiger partial charge in [-0.3, -0.25) is 9.78 Å². The summed E-state index contributed by atoms with van der Waals surface area (Å²) >= 11 is 0. The van der Waals surface area contributed by atoms with E-state index in [1.54, 1.807) is 18.5 Å². The van der Waals surface area contributed by atoms with Crippen LogP contribution in [0.1, 0.15) is 35.3 Å². The fourth-order valence-corrected chi connectivity index (χ4v) is 3.74. The summed E-state index contributed by atoms with van der Waals surface area (Å²) in [5, 5.41) is 0. The van der Waals surface area contributed by atoms with Gasteiger partial charge < -0.3 is 14.4 Å². The Labute approximate surface area is 152 Å². The predicted octanol–water partition coefficient (Wildman–Crippen LogP) is 1.85. The number of carbonyl (C=O) groups excluding carboxylic acids is 1. The van der Waals surface area contributed by atoms with E-state index in [2.05, 4.69) is 15.0 Å². The second-order valence-electron chi connectivity index (χ2n) is 6.92. The molecule has 1 amide bonds. The number of nitrogens with zero attached hydrogens (tertiary/aromatic N) is 4. The summed E-state index contributed by atoms with van der Waals surface area (Å²) in [6, 6.07) is 5.56. The number of aromatic nitrogens is 3. The van der Waals surface area contributed by atoms with E-state index in [1.165, 1.54) is 6.33 Å². The molecule has 2 fully saturated rings. The topological polar surface area (TPSA) is 77.4 Å². The van der Waals surface area contributed by atoms with Crippen LogP contribution in [0.15, 0.2) is 43.1 Å². The average molecular weight is 354 g/mol. The first-order chi connectivity index (χ1) is 12.7. The van der Waals surface area contributed by atoms with Gasteiger partial charge in [0.05, 0.1) is 31.5 Å². The van der Waals surface area contributed by atoms with E-state index < -0.39 is 0 Å². The number of hydrogen-bond acceptors (Lipinski definition) is 6. The Morgan fingerprint density at radius 2 is 2.31 bits per heavy atom.